The number of halogens is 2. The van der Waals surface area contributed by atoms with E-state index in [1.807, 2.05) is 6.07 Å². The molecule has 1 rings (SSSR count). The molecule has 0 radical (unpaired) electrons. The van der Waals surface area contributed by atoms with Gasteiger partial charge in [0.15, 0.2) is 0 Å². The zero-order valence-electron chi connectivity index (χ0n) is 7.11. The van der Waals surface area contributed by atoms with Crippen molar-refractivity contribution in [2.24, 2.45) is 10.8 Å². The first kappa shape index (κ1) is 12.7. The van der Waals surface area contributed by atoms with E-state index in [1.165, 1.54) is 6.21 Å². The van der Waals surface area contributed by atoms with Gasteiger partial charge in [0, 0.05) is 10.6 Å². The third-order valence-corrected chi connectivity index (χ3v) is 1.63. The van der Waals surface area contributed by atoms with Gasteiger partial charge in [0.1, 0.15) is 0 Å². The molecule has 0 unspecified atom stereocenters. The van der Waals surface area contributed by atoms with Crippen LogP contribution in [0.3, 0.4) is 0 Å². The van der Waals surface area contributed by atoms with Crippen LogP contribution in [-0.2, 0) is 0 Å². The van der Waals surface area contributed by atoms with Crippen LogP contribution >= 0.6 is 24.0 Å². The monoisotopic (exact) mass is 233 g/mol. The third-order valence-electron chi connectivity index (χ3n) is 1.28. The highest BCUT2D eigenvalue weighted by molar-refractivity contribution is 6.33. The molecule has 0 spiro atoms. The summed E-state index contributed by atoms with van der Waals surface area (Å²) >= 11 is 5.80. The summed E-state index contributed by atoms with van der Waals surface area (Å²) in [6.07, 6.45) is 1.42. The molecule has 14 heavy (non-hydrogen) atoms. The number of nitrogens with one attached hydrogen (secondary N) is 1. The van der Waals surface area contributed by atoms with Crippen LogP contribution in [0.25, 0.3) is 0 Å². The van der Waals surface area contributed by atoms with Gasteiger partial charge < -0.3 is 5.73 Å². The molecule has 4 nitrogen and oxygen atoms in total. The zero-order chi connectivity index (χ0) is 9.68. The minimum Gasteiger partial charge on any atom is -0.350 e. The van der Waals surface area contributed by atoms with Crippen molar-refractivity contribution in [2.45, 2.75) is 0 Å². The Morgan fingerprint density at radius 1 is 1.50 bits per heavy atom. The summed E-state index contributed by atoms with van der Waals surface area (Å²) in [7, 11) is 0. The minimum atomic E-state index is -0.705. The van der Waals surface area contributed by atoms with Crippen molar-refractivity contribution < 1.29 is 4.79 Å². The molecular formula is C8H9Cl2N3O. The maximum Gasteiger partial charge on any atom is 0.332 e. The van der Waals surface area contributed by atoms with Gasteiger partial charge in [-0.05, 0) is 6.07 Å². The largest absolute Gasteiger partial charge is 0.350 e. The van der Waals surface area contributed by atoms with E-state index in [2.05, 4.69) is 10.5 Å². The average Bonchev–Trinajstić information content (AvgIpc) is 2.08. The standard InChI is InChI=1S/C8H8ClN3O.ClH/c9-7-4-2-1-3-6(7)5-11-12-8(10)13;/h1-5H,(H3,10,12,13);1H/b11-5+;. The Labute approximate surface area is 92.5 Å². The summed E-state index contributed by atoms with van der Waals surface area (Å²) in [4.78, 5) is 10.2. The van der Waals surface area contributed by atoms with Gasteiger partial charge in [-0.1, -0.05) is 29.8 Å². The summed E-state index contributed by atoms with van der Waals surface area (Å²) in [5, 5.41) is 4.14. The van der Waals surface area contributed by atoms with E-state index < -0.39 is 6.03 Å². The number of nitrogens with zero attached hydrogens (tertiary/aromatic N) is 1. The zero-order valence-corrected chi connectivity index (χ0v) is 8.68. The SMILES string of the molecule is Cl.NC(=O)N/N=C/c1ccccc1Cl. The van der Waals surface area contributed by atoms with Crippen molar-refractivity contribution >= 4 is 36.3 Å². The van der Waals surface area contributed by atoms with Crippen molar-refractivity contribution in [1.82, 2.24) is 5.43 Å². The lowest BCUT2D eigenvalue weighted by molar-refractivity contribution is 0.249. The molecule has 1 aromatic rings. The fourth-order valence-electron chi connectivity index (χ4n) is 0.745. The molecule has 6 heteroatoms. The first-order valence-electron chi connectivity index (χ1n) is 3.53. The molecule has 2 amide bonds. The Morgan fingerprint density at radius 3 is 2.71 bits per heavy atom. The second-order valence-corrected chi connectivity index (χ2v) is 2.66. The number of hydrazone groups is 1. The lowest BCUT2D eigenvalue weighted by Crippen LogP contribution is -2.24. The molecule has 76 valence electrons. The van der Waals surface area contributed by atoms with Crippen molar-refractivity contribution in [3.63, 3.8) is 0 Å². The van der Waals surface area contributed by atoms with Crippen molar-refractivity contribution in [2.75, 3.05) is 0 Å². The first-order valence-corrected chi connectivity index (χ1v) is 3.91. The quantitative estimate of drug-likeness (QED) is 0.594. The van der Waals surface area contributed by atoms with Gasteiger partial charge in [-0.15, -0.1) is 12.4 Å². The Hall–Kier alpha value is -1.26. The number of urea groups is 1. The normalized spacial score (nSPS) is 9.50. The average molecular weight is 234 g/mol. The predicted octanol–water partition coefficient (Wildman–Crippen LogP) is 1.76. The molecule has 0 aromatic heterocycles. The Bertz CT molecular complexity index is 341. The molecule has 0 bridgehead atoms. The highest BCUT2D eigenvalue weighted by Gasteiger charge is 1.93. The van der Waals surface area contributed by atoms with Gasteiger partial charge in [0.2, 0.25) is 0 Å². The number of amides is 2. The van der Waals surface area contributed by atoms with Crippen molar-refractivity contribution in [3.05, 3.63) is 34.9 Å². The summed E-state index contributed by atoms with van der Waals surface area (Å²) in [5.41, 5.74) is 7.59. The molecule has 0 heterocycles. The maximum absolute atomic E-state index is 10.2. The number of primary amides is 1. The minimum absolute atomic E-state index is 0. The lowest BCUT2D eigenvalue weighted by atomic mass is 10.2. The van der Waals surface area contributed by atoms with Crippen LogP contribution in [0.1, 0.15) is 5.56 Å². The van der Waals surface area contributed by atoms with Gasteiger partial charge >= 0.3 is 6.03 Å². The molecule has 0 aliphatic rings. The highest BCUT2D eigenvalue weighted by Crippen LogP contribution is 2.11. The van der Waals surface area contributed by atoms with Crippen LogP contribution in [0, 0.1) is 0 Å². The number of hydrogen-bond acceptors (Lipinski definition) is 2. The van der Waals surface area contributed by atoms with Gasteiger partial charge in [0.05, 0.1) is 6.21 Å². The predicted molar refractivity (Wildman–Crippen MR) is 59.0 cm³/mol. The van der Waals surface area contributed by atoms with Crippen LogP contribution < -0.4 is 11.2 Å². The molecule has 0 saturated carbocycles. The smallest absolute Gasteiger partial charge is 0.332 e. The van der Waals surface area contributed by atoms with E-state index in [0.717, 1.165) is 5.56 Å². The van der Waals surface area contributed by atoms with E-state index in [-0.39, 0.29) is 12.4 Å². The number of carbonyl (C=O) groups is 1. The van der Waals surface area contributed by atoms with Crippen LogP contribution in [-0.4, -0.2) is 12.2 Å². The summed E-state index contributed by atoms with van der Waals surface area (Å²) in [5.74, 6) is 0. The Kier molecular flexibility index (Phi) is 5.67. The molecule has 0 fully saturated rings. The molecule has 0 aliphatic carbocycles. The molecule has 0 aliphatic heterocycles. The highest BCUT2D eigenvalue weighted by atomic mass is 35.5. The van der Waals surface area contributed by atoms with Gasteiger partial charge in [-0.3, -0.25) is 0 Å². The fraction of sp³-hybridized carbons (Fsp3) is 0. The van der Waals surface area contributed by atoms with Crippen LogP contribution in [0.15, 0.2) is 29.4 Å². The van der Waals surface area contributed by atoms with Gasteiger partial charge in [-0.2, -0.15) is 5.10 Å². The van der Waals surface area contributed by atoms with Crippen LogP contribution in [0.4, 0.5) is 4.79 Å². The molecule has 3 N–H and O–H groups in total. The number of hydrogen-bond donors (Lipinski definition) is 2. The third kappa shape index (κ3) is 4.11. The van der Waals surface area contributed by atoms with Gasteiger partial charge in [-0.25, -0.2) is 10.2 Å². The Morgan fingerprint density at radius 2 is 2.14 bits per heavy atom. The van der Waals surface area contributed by atoms with E-state index in [4.69, 9.17) is 17.3 Å². The van der Waals surface area contributed by atoms with E-state index in [0.29, 0.717) is 5.02 Å². The second kappa shape index (κ2) is 6.23. The second-order valence-electron chi connectivity index (χ2n) is 2.26. The summed E-state index contributed by atoms with van der Waals surface area (Å²) < 4.78 is 0. The first-order chi connectivity index (χ1) is 6.20. The van der Waals surface area contributed by atoms with E-state index in [1.54, 1.807) is 18.2 Å². The number of carbonyl (C=O) groups excluding carboxylic acids is 1. The van der Waals surface area contributed by atoms with E-state index in [9.17, 15) is 4.79 Å². The number of benzene rings is 1. The van der Waals surface area contributed by atoms with Crippen LogP contribution in [0.5, 0.6) is 0 Å². The lowest BCUT2D eigenvalue weighted by Gasteiger charge is -1.95. The summed E-state index contributed by atoms with van der Waals surface area (Å²) in [6, 6.07) is 6.42. The molecular weight excluding hydrogens is 225 g/mol. The topological polar surface area (TPSA) is 67.5 Å². The number of nitrogens with two attached hydrogens (primary N) is 1. The molecule has 0 atom stereocenters. The van der Waals surface area contributed by atoms with Crippen LogP contribution in [0.2, 0.25) is 5.02 Å². The van der Waals surface area contributed by atoms with Crippen molar-refractivity contribution in [3.8, 4) is 0 Å². The fourth-order valence-corrected chi connectivity index (χ4v) is 0.930. The number of rotatable bonds is 2. The maximum atomic E-state index is 10.2. The summed E-state index contributed by atoms with van der Waals surface area (Å²) in [6.45, 7) is 0. The molecule has 1 aromatic carbocycles. The molecule has 0 saturated heterocycles. The van der Waals surface area contributed by atoms with Gasteiger partial charge in [0.25, 0.3) is 0 Å². The van der Waals surface area contributed by atoms with E-state index >= 15 is 0 Å². The Balaban J connectivity index is 0.00000169. The van der Waals surface area contributed by atoms with Crippen molar-refractivity contribution in [1.29, 1.82) is 0 Å².